The Balaban J connectivity index is 0.000000281. The average Bonchev–Trinajstić information content (AvgIpc) is 2.31. The van der Waals surface area contributed by atoms with Crippen LogP contribution in [-0.4, -0.2) is 11.1 Å². The average molecular weight is 219 g/mol. The predicted molar refractivity (Wildman–Crippen MR) is 65.9 cm³/mol. The normalized spacial score (nSPS) is 10.1. The number of nitrogens with two attached hydrogens (primary N) is 1. The summed E-state index contributed by atoms with van der Waals surface area (Å²) in [5.41, 5.74) is 6.54. The van der Waals surface area contributed by atoms with Gasteiger partial charge in [-0.3, -0.25) is 0 Å². The largest absolute Gasteiger partial charge is 0.478 e. The van der Waals surface area contributed by atoms with Gasteiger partial charge >= 0.3 is 5.97 Å². The lowest BCUT2D eigenvalue weighted by molar-refractivity contribution is -0.131. The van der Waals surface area contributed by atoms with Crippen LogP contribution in [0.25, 0.3) is 0 Å². The zero-order valence-electron chi connectivity index (χ0n) is 9.34. The summed E-state index contributed by atoms with van der Waals surface area (Å²) in [6.45, 7) is 2.47. The first-order valence-electron chi connectivity index (χ1n) is 4.97. The van der Waals surface area contributed by atoms with Gasteiger partial charge in [0, 0.05) is 12.6 Å². The molecule has 0 radical (unpaired) electrons. The Morgan fingerprint density at radius 2 is 1.94 bits per heavy atom. The second-order valence-corrected chi connectivity index (χ2v) is 2.91. The zero-order chi connectivity index (χ0) is 12.2. The molecule has 0 saturated carbocycles. The van der Waals surface area contributed by atoms with Gasteiger partial charge in [-0.1, -0.05) is 48.6 Å². The van der Waals surface area contributed by atoms with Crippen LogP contribution in [0.4, 0.5) is 0 Å². The number of aliphatic carboxylic acids is 1. The number of carbonyl (C=O) groups is 1. The second-order valence-electron chi connectivity index (χ2n) is 2.91. The Morgan fingerprint density at radius 1 is 1.31 bits per heavy atom. The highest BCUT2D eigenvalue weighted by atomic mass is 16.4. The summed E-state index contributed by atoms with van der Waals surface area (Å²) < 4.78 is 0. The molecule has 0 atom stereocenters. The minimum Gasteiger partial charge on any atom is -0.478 e. The van der Waals surface area contributed by atoms with E-state index in [1.165, 1.54) is 11.6 Å². The van der Waals surface area contributed by atoms with Gasteiger partial charge in [0.2, 0.25) is 0 Å². The van der Waals surface area contributed by atoms with Crippen molar-refractivity contribution in [3.63, 3.8) is 0 Å². The minimum atomic E-state index is -0.914. The topological polar surface area (TPSA) is 63.3 Å². The van der Waals surface area contributed by atoms with Crippen molar-refractivity contribution in [3.8, 4) is 0 Å². The summed E-state index contributed by atoms with van der Waals surface area (Å²) >= 11 is 0. The molecule has 16 heavy (non-hydrogen) atoms. The van der Waals surface area contributed by atoms with Crippen molar-refractivity contribution in [1.82, 2.24) is 0 Å². The van der Waals surface area contributed by atoms with E-state index in [1.54, 1.807) is 12.2 Å². The molecule has 0 aliphatic heterocycles. The molecule has 1 rings (SSSR count). The monoisotopic (exact) mass is 219 g/mol. The molecular formula is C13H17NO2. The highest BCUT2D eigenvalue weighted by Crippen LogP contribution is 1.94. The molecule has 0 aromatic heterocycles. The summed E-state index contributed by atoms with van der Waals surface area (Å²) in [5, 5.41) is 8.02. The first-order chi connectivity index (χ1) is 7.70. The number of allylic oxidation sites excluding steroid dienone is 3. The number of carboxylic acid groups (broad SMARTS) is 1. The molecule has 0 aliphatic carbocycles. The minimum absolute atomic E-state index is 0.640. The van der Waals surface area contributed by atoms with Crippen molar-refractivity contribution in [2.45, 2.75) is 13.5 Å². The maximum atomic E-state index is 9.75. The molecule has 0 aliphatic rings. The molecule has 86 valence electrons. The van der Waals surface area contributed by atoms with Gasteiger partial charge in [0.15, 0.2) is 0 Å². The lowest BCUT2D eigenvalue weighted by Crippen LogP contribution is -1.94. The Bertz CT molecular complexity index is 342. The van der Waals surface area contributed by atoms with Gasteiger partial charge in [0.25, 0.3) is 0 Å². The van der Waals surface area contributed by atoms with Crippen LogP contribution >= 0.6 is 0 Å². The molecule has 1 aromatic carbocycles. The third kappa shape index (κ3) is 8.72. The predicted octanol–water partition coefficient (Wildman–Crippen LogP) is 2.35. The number of hydrogen-bond donors (Lipinski definition) is 2. The van der Waals surface area contributed by atoms with Crippen molar-refractivity contribution < 1.29 is 9.90 Å². The summed E-state index contributed by atoms with van der Waals surface area (Å²) in [6.07, 6.45) is 5.98. The molecule has 0 spiro atoms. The standard InChI is InChI=1S/C7H9N.C6H8O2/c8-6-7-4-2-1-3-5-7;1-2-3-4-5-6(7)8/h1-5H,6,8H2;2-5H,1H3,(H,7,8). The zero-order valence-corrected chi connectivity index (χ0v) is 9.34. The van der Waals surface area contributed by atoms with E-state index in [0.29, 0.717) is 6.54 Å². The molecule has 0 heterocycles. The van der Waals surface area contributed by atoms with E-state index in [1.807, 2.05) is 37.3 Å². The summed E-state index contributed by atoms with van der Waals surface area (Å²) in [7, 11) is 0. The Morgan fingerprint density at radius 3 is 2.31 bits per heavy atom. The molecule has 0 unspecified atom stereocenters. The van der Waals surface area contributed by atoms with Crippen LogP contribution in [0.1, 0.15) is 12.5 Å². The van der Waals surface area contributed by atoms with Gasteiger partial charge in [0.05, 0.1) is 0 Å². The molecule has 3 nitrogen and oxygen atoms in total. The van der Waals surface area contributed by atoms with Gasteiger partial charge in [0.1, 0.15) is 0 Å². The number of rotatable bonds is 3. The van der Waals surface area contributed by atoms with Crippen LogP contribution in [0.5, 0.6) is 0 Å². The van der Waals surface area contributed by atoms with Crippen LogP contribution in [-0.2, 0) is 11.3 Å². The Kier molecular flexibility index (Phi) is 8.55. The molecule has 1 aromatic rings. The summed E-state index contributed by atoms with van der Waals surface area (Å²) in [6, 6.07) is 9.99. The number of benzene rings is 1. The van der Waals surface area contributed by atoms with E-state index in [-0.39, 0.29) is 0 Å². The maximum absolute atomic E-state index is 9.75. The van der Waals surface area contributed by atoms with Gasteiger partial charge in [-0.25, -0.2) is 4.79 Å². The van der Waals surface area contributed by atoms with Crippen molar-refractivity contribution in [2.75, 3.05) is 0 Å². The Hall–Kier alpha value is -1.87. The van der Waals surface area contributed by atoms with Crippen molar-refractivity contribution >= 4 is 5.97 Å². The molecule has 0 amide bonds. The maximum Gasteiger partial charge on any atom is 0.328 e. The second kappa shape index (κ2) is 9.68. The number of hydrogen-bond acceptors (Lipinski definition) is 2. The number of carboxylic acids is 1. The van der Waals surface area contributed by atoms with E-state index in [2.05, 4.69) is 0 Å². The van der Waals surface area contributed by atoms with Crippen molar-refractivity contribution in [3.05, 3.63) is 60.2 Å². The van der Waals surface area contributed by atoms with Crippen LogP contribution in [0.15, 0.2) is 54.6 Å². The highest BCUT2D eigenvalue weighted by molar-refractivity contribution is 5.80. The fourth-order valence-electron chi connectivity index (χ4n) is 0.863. The Labute approximate surface area is 95.9 Å². The van der Waals surface area contributed by atoms with E-state index in [9.17, 15) is 4.79 Å². The molecule has 0 bridgehead atoms. The van der Waals surface area contributed by atoms with Crippen LogP contribution in [0, 0.1) is 0 Å². The van der Waals surface area contributed by atoms with Crippen LogP contribution < -0.4 is 5.73 Å². The van der Waals surface area contributed by atoms with Gasteiger partial charge in [-0.05, 0) is 12.5 Å². The van der Waals surface area contributed by atoms with E-state index >= 15 is 0 Å². The fraction of sp³-hybridized carbons (Fsp3) is 0.154. The molecule has 0 saturated heterocycles. The van der Waals surface area contributed by atoms with Gasteiger partial charge in [-0.15, -0.1) is 0 Å². The lowest BCUT2D eigenvalue weighted by Gasteiger charge is -1.90. The smallest absolute Gasteiger partial charge is 0.328 e. The van der Waals surface area contributed by atoms with Gasteiger partial charge < -0.3 is 10.8 Å². The summed E-state index contributed by atoms with van der Waals surface area (Å²) in [5.74, 6) is -0.914. The lowest BCUT2D eigenvalue weighted by atomic mass is 10.2. The molecule has 3 N–H and O–H groups in total. The van der Waals surface area contributed by atoms with E-state index < -0.39 is 5.97 Å². The first kappa shape index (κ1) is 14.1. The first-order valence-corrected chi connectivity index (χ1v) is 4.97. The van der Waals surface area contributed by atoms with E-state index in [4.69, 9.17) is 10.8 Å². The quantitative estimate of drug-likeness (QED) is 0.606. The van der Waals surface area contributed by atoms with Gasteiger partial charge in [-0.2, -0.15) is 0 Å². The van der Waals surface area contributed by atoms with Crippen molar-refractivity contribution in [1.29, 1.82) is 0 Å². The van der Waals surface area contributed by atoms with Crippen LogP contribution in [0.3, 0.4) is 0 Å². The van der Waals surface area contributed by atoms with E-state index in [0.717, 1.165) is 6.08 Å². The molecular weight excluding hydrogens is 202 g/mol. The highest BCUT2D eigenvalue weighted by Gasteiger charge is 1.80. The van der Waals surface area contributed by atoms with Crippen molar-refractivity contribution in [2.24, 2.45) is 5.73 Å². The SMILES string of the molecule is CC=CC=CC(=O)O.NCc1ccccc1. The summed E-state index contributed by atoms with van der Waals surface area (Å²) in [4.78, 5) is 9.75. The van der Waals surface area contributed by atoms with Crippen LogP contribution in [0.2, 0.25) is 0 Å². The third-order valence-electron chi connectivity index (χ3n) is 1.62. The third-order valence-corrected chi connectivity index (χ3v) is 1.62. The fourth-order valence-corrected chi connectivity index (χ4v) is 0.863. The molecule has 0 fully saturated rings. The molecule has 3 heteroatoms.